The van der Waals surface area contributed by atoms with Crippen LogP contribution in [0.25, 0.3) is 0 Å². The molecule has 1 aliphatic heterocycles. The zero-order chi connectivity index (χ0) is 13.0. The first-order chi connectivity index (χ1) is 8.65. The summed E-state index contributed by atoms with van der Waals surface area (Å²) in [5.74, 6) is -1.25. The lowest BCUT2D eigenvalue weighted by atomic mass is 10.2. The van der Waals surface area contributed by atoms with Crippen LogP contribution in [0.5, 0.6) is 0 Å². The molecule has 0 saturated carbocycles. The Morgan fingerprint density at radius 3 is 2.78 bits per heavy atom. The highest BCUT2D eigenvalue weighted by Gasteiger charge is 2.21. The summed E-state index contributed by atoms with van der Waals surface area (Å²) in [7, 11) is 0. The number of nitrogens with zero attached hydrogens (tertiary/aromatic N) is 1. The number of amides is 2. The molecule has 2 N–H and O–H groups in total. The van der Waals surface area contributed by atoms with Crippen molar-refractivity contribution in [2.45, 2.75) is 13.0 Å². The lowest BCUT2D eigenvalue weighted by molar-refractivity contribution is -0.128. The van der Waals surface area contributed by atoms with Gasteiger partial charge in [-0.1, -0.05) is 12.1 Å². The minimum Gasteiger partial charge on any atom is -0.273 e. The summed E-state index contributed by atoms with van der Waals surface area (Å²) in [6, 6.07) is 5.67. The zero-order valence-corrected chi connectivity index (χ0v) is 9.27. The van der Waals surface area contributed by atoms with Crippen molar-refractivity contribution >= 4 is 17.5 Å². The van der Waals surface area contributed by atoms with Crippen LogP contribution in [0.2, 0.25) is 0 Å². The molecule has 1 aromatic rings. The number of carbonyl (C=O) groups excluding carboxylic acids is 2. The Bertz CT molecular complexity index is 499. The first-order valence-electron chi connectivity index (χ1n) is 5.17. The van der Waals surface area contributed by atoms with E-state index >= 15 is 0 Å². The normalized spacial score (nSPS) is 14.1. The summed E-state index contributed by atoms with van der Waals surface area (Å²) in [4.78, 5) is 27.1. The van der Waals surface area contributed by atoms with Crippen LogP contribution in [0.4, 0.5) is 4.39 Å². The van der Waals surface area contributed by atoms with Crippen molar-refractivity contribution in [2.24, 2.45) is 5.10 Å². The van der Waals surface area contributed by atoms with Crippen molar-refractivity contribution in [2.75, 3.05) is 0 Å². The van der Waals surface area contributed by atoms with Gasteiger partial charge in [-0.25, -0.2) is 15.3 Å². The van der Waals surface area contributed by atoms with Crippen LogP contribution >= 0.6 is 0 Å². The summed E-state index contributed by atoms with van der Waals surface area (Å²) in [6.07, 6.45) is -0.0637. The van der Waals surface area contributed by atoms with Gasteiger partial charge in [0, 0.05) is 0 Å². The maximum atomic E-state index is 12.6. The molecule has 0 spiro atoms. The van der Waals surface area contributed by atoms with Crippen LogP contribution in [0, 0.1) is 5.82 Å². The highest BCUT2D eigenvalue weighted by Crippen LogP contribution is 2.03. The monoisotopic (exact) mass is 251 g/mol. The number of hydrazone groups is 1. The van der Waals surface area contributed by atoms with E-state index in [1.165, 1.54) is 12.1 Å². The number of nitrogens with one attached hydrogen (secondary N) is 2. The topological polar surface area (TPSA) is 79.8 Å². The Labute approximate surface area is 102 Å². The molecule has 6 nitrogen and oxygen atoms in total. The van der Waals surface area contributed by atoms with E-state index in [2.05, 4.69) is 16.0 Å². The second kappa shape index (κ2) is 5.37. The predicted molar refractivity (Wildman–Crippen MR) is 59.5 cm³/mol. The van der Waals surface area contributed by atoms with Gasteiger partial charge in [0.1, 0.15) is 11.5 Å². The SMILES string of the molecule is O=C1CC(C(=O)NOCc2ccc(F)cc2)=NN1. The molecule has 0 atom stereocenters. The van der Waals surface area contributed by atoms with Gasteiger partial charge < -0.3 is 0 Å². The molecular formula is C11H10FN3O3. The number of benzene rings is 1. The lowest BCUT2D eigenvalue weighted by Crippen LogP contribution is -2.30. The molecule has 0 aromatic heterocycles. The fourth-order valence-electron chi connectivity index (χ4n) is 1.32. The average molecular weight is 251 g/mol. The van der Waals surface area contributed by atoms with Crippen LogP contribution < -0.4 is 10.9 Å². The quantitative estimate of drug-likeness (QED) is 0.753. The second-order valence-electron chi connectivity index (χ2n) is 3.62. The third-order valence-electron chi connectivity index (χ3n) is 2.22. The van der Waals surface area contributed by atoms with Crippen molar-refractivity contribution in [1.82, 2.24) is 10.9 Å². The van der Waals surface area contributed by atoms with E-state index < -0.39 is 5.91 Å². The van der Waals surface area contributed by atoms with Gasteiger partial charge in [0.15, 0.2) is 0 Å². The Morgan fingerprint density at radius 2 is 2.17 bits per heavy atom. The van der Waals surface area contributed by atoms with E-state index in [9.17, 15) is 14.0 Å². The van der Waals surface area contributed by atoms with Gasteiger partial charge in [-0.3, -0.25) is 14.4 Å². The third kappa shape index (κ3) is 3.11. The summed E-state index contributed by atoms with van der Waals surface area (Å²) >= 11 is 0. The fraction of sp³-hybridized carbons (Fsp3) is 0.182. The van der Waals surface area contributed by atoms with Crippen LogP contribution in [-0.4, -0.2) is 17.5 Å². The molecule has 0 aliphatic carbocycles. The highest BCUT2D eigenvalue weighted by atomic mass is 19.1. The molecule has 2 amide bonds. The largest absolute Gasteiger partial charge is 0.291 e. The van der Waals surface area contributed by atoms with E-state index in [0.717, 1.165) is 0 Å². The van der Waals surface area contributed by atoms with Gasteiger partial charge in [-0.05, 0) is 17.7 Å². The van der Waals surface area contributed by atoms with Crippen molar-refractivity contribution < 1.29 is 18.8 Å². The molecule has 1 aromatic carbocycles. The van der Waals surface area contributed by atoms with Crippen molar-refractivity contribution in [1.29, 1.82) is 0 Å². The Morgan fingerprint density at radius 1 is 1.44 bits per heavy atom. The van der Waals surface area contributed by atoms with Gasteiger partial charge in [0.05, 0.1) is 13.0 Å². The predicted octanol–water partition coefficient (Wildman–Crippen LogP) is 0.249. The van der Waals surface area contributed by atoms with Crippen LogP contribution in [0.15, 0.2) is 29.4 Å². The molecule has 18 heavy (non-hydrogen) atoms. The highest BCUT2D eigenvalue weighted by molar-refractivity contribution is 6.42. The van der Waals surface area contributed by atoms with E-state index in [1.807, 2.05) is 0 Å². The molecule has 1 heterocycles. The first-order valence-corrected chi connectivity index (χ1v) is 5.17. The summed E-state index contributed by atoms with van der Waals surface area (Å²) in [5.41, 5.74) is 5.08. The van der Waals surface area contributed by atoms with Gasteiger partial charge in [-0.2, -0.15) is 5.10 Å². The number of hydroxylamine groups is 1. The van der Waals surface area contributed by atoms with Gasteiger partial charge >= 0.3 is 0 Å². The number of rotatable bonds is 4. The molecule has 0 radical (unpaired) electrons. The molecule has 0 unspecified atom stereocenters. The Kier molecular flexibility index (Phi) is 3.63. The lowest BCUT2D eigenvalue weighted by Gasteiger charge is -2.04. The molecular weight excluding hydrogens is 241 g/mol. The van der Waals surface area contributed by atoms with Gasteiger partial charge in [0.2, 0.25) is 5.91 Å². The van der Waals surface area contributed by atoms with E-state index in [1.54, 1.807) is 12.1 Å². The number of halogens is 1. The van der Waals surface area contributed by atoms with E-state index in [4.69, 9.17) is 4.84 Å². The number of hydrogen-bond acceptors (Lipinski definition) is 4. The van der Waals surface area contributed by atoms with Crippen LogP contribution in [0.3, 0.4) is 0 Å². The van der Waals surface area contributed by atoms with E-state index in [-0.39, 0.29) is 30.5 Å². The number of carbonyl (C=O) groups is 2. The maximum absolute atomic E-state index is 12.6. The third-order valence-corrected chi connectivity index (χ3v) is 2.22. The van der Waals surface area contributed by atoms with Crippen molar-refractivity contribution in [3.8, 4) is 0 Å². The molecule has 2 rings (SSSR count). The smallest absolute Gasteiger partial charge is 0.273 e. The van der Waals surface area contributed by atoms with Gasteiger partial charge in [0.25, 0.3) is 5.91 Å². The summed E-state index contributed by atoms with van der Waals surface area (Å²) in [5, 5.41) is 3.53. The standard InChI is InChI=1S/C11H10FN3O3/c12-8-3-1-7(2-4-8)6-18-15-11(17)9-5-10(16)14-13-9/h1-4H,5-6H2,(H,14,16)(H,15,17). The maximum Gasteiger partial charge on any atom is 0.291 e. The minimum atomic E-state index is -0.574. The van der Waals surface area contributed by atoms with Crippen molar-refractivity contribution in [3.63, 3.8) is 0 Å². The molecule has 0 saturated heterocycles. The first kappa shape index (κ1) is 12.2. The van der Waals surface area contributed by atoms with Gasteiger partial charge in [-0.15, -0.1) is 0 Å². The van der Waals surface area contributed by atoms with Crippen molar-refractivity contribution in [3.05, 3.63) is 35.6 Å². The average Bonchev–Trinajstić information content (AvgIpc) is 2.78. The zero-order valence-electron chi connectivity index (χ0n) is 9.27. The summed E-state index contributed by atoms with van der Waals surface area (Å²) in [6.45, 7) is 0.0979. The molecule has 94 valence electrons. The second-order valence-corrected chi connectivity index (χ2v) is 3.62. The molecule has 1 aliphatic rings. The molecule has 0 fully saturated rings. The fourth-order valence-corrected chi connectivity index (χ4v) is 1.32. The van der Waals surface area contributed by atoms with E-state index in [0.29, 0.717) is 5.56 Å². The Balaban J connectivity index is 1.77. The van der Waals surface area contributed by atoms with Crippen LogP contribution in [-0.2, 0) is 21.0 Å². The number of hydrogen-bond donors (Lipinski definition) is 2. The van der Waals surface area contributed by atoms with Crippen LogP contribution in [0.1, 0.15) is 12.0 Å². The minimum absolute atomic E-state index is 0.0637. The molecule has 0 bridgehead atoms. The summed E-state index contributed by atoms with van der Waals surface area (Å²) < 4.78 is 12.6. The Hall–Kier alpha value is -2.28. The molecule has 7 heteroatoms.